The summed E-state index contributed by atoms with van der Waals surface area (Å²) >= 11 is 0. The fourth-order valence-corrected chi connectivity index (χ4v) is 4.04. The van der Waals surface area contributed by atoms with Gasteiger partial charge in [0.25, 0.3) is 0 Å². The highest BCUT2D eigenvalue weighted by atomic mass is 35.7. The number of hydrogen-bond acceptors (Lipinski definition) is 4. The molecule has 1 atom stereocenters. The van der Waals surface area contributed by atoms with Crippen LogP contribution in [0.25, 0.3) is 11.0 Å². The average molecular weight is 328 g/mol. The monoisotopic (exact) mass is 327 g/mol. The molecule has 1 aliphatic heterocycles. The van der Waals surface area contributed by atoms with Crippen molar-refractivity contribution in [3.63, 3.8) is 0 Å². The SMILES string of the molecule is Cn1cnc2cc(N3CC(CS(=O)(=O)Cl)CC3=O)ccc21. The Kier molecular flexibility index (Phi) is 3.41. The second kappa shape index (κ2) is 4.99. The van der Waals surface area contributed by atoms with Crippen LogP contribution in [0, 0.1) is 5.92 Å². The van der Waals surface area contributed by atoms with Gasteiger partial charge in [-0.25, -0.2) is 13.4 Å². The predicted molar refractivity (Wildman–Crippen MR) is 80.8 cm³/mol. The van der Waals surface area contributed by atoms with Gasteiger partial charge in [0.05, 0.1) is 23.1 Å². The molecule has 2 aromatic rings. The zero-order chi connectivity index (χ0) is 15.2. The van der Waals surface area contributed by atoms with E-state index in [0.717, 1.165) is 16.7 Å². The van der Waals surface area contributed by atoms with Crippen molar-refractivity contribution in [3.05, 3.63) is 24.5 Å². The van der Waals surface area contributed by atoms with E-state index in [4.69, 9.17) is 10.7 Å². The summed E-state index contributed by atoms with van der Waals surface area (Å²) in [7, 11) is 3.58. The maximum Gasteiger partial charge on any atom is 0.232 e. The molecule has 1 amide bonds. The van der Waals surface area contributed by atoms with Crippen molar-refractivity contribution in [2.75, 3.05) is 17.2 Å². The molecule has 1 fully saturated rings. The number of aromatic nitrogens is 2. The molecule has 1 aromatic carbocycles. The molecular weight excluding hydrogens is 314 g/mol. The van der Waals surface area contributed by atoms with Gasteiger partial charge in [-0.05, 0) is 18.2 Å². The zero-order valence-electron chi connectivity index (χ0n) is 11.4. The van der Waals surface area contributed by atoms with Crippen LogP contribution in [0.1, 0.15) is 6.42 Å². The molecule has 1 aliphatic rings. The number of amides is 1. The van der Waals surface area contributed by atoms with Gasteiger partial charge in [0.1, 0.15) is 0 Å². The summed E-state index contributed by atoms with van der Waals surface area (Å²) in [4.78, 5) is 17.9. The van der Waals surface area contributed by atoms with Gasteiger partial charge < -0.3 is 9.47 Å². The van der Waals surface area contributed by atoms with Crippen molar-refractivity contribution in [1.82, 2.24) is 9.55 Å². The Morgan fingerprint density at radius 1 is 1.43 bits per heavy atom. The number of carbonyl (C=O) groups excluding carboxylic acids is 1. The van der Waals surface area contributed by atoms with Crippen molar-refractivity contribution < 1.29 is 13.2 Å². The molecule has 0 N–H and O–H groups in total. The van der Waals surface area contributed by atoms with Crippen LogP contribution in [0.15, 0.2) is 24.5 Å². The first-order valence-electron chi connectivity index (χ1n) is 6.47. The van der Waals surface area contributed by atoms with E-state index in [2.05, 4.69) is 4.98 Å². The minimum Gasteiger partial charge on any atom is -0.334 e. The smallest absolute Gasteiger partial charge is 0.232 e. The maximum absolute atomic E-state index is 12.1. The number of halogens is 1. The Bertz CT molecular complexity index is 815. The molecule has 6 nitrogen and oxygen atoms in total. The number of benzene rings is 1. The molecule has 0 spiro atoms. The Morgan fingerprint density at radius 3 is 2.90 bits per heavy atom. The third-order valence-electron chi connectivity index (χ3n) is 3.66. The quantitative estimate of drug-likeness (QED) is 0.801. The molecule has 0 saturated carbocycles. The zero-order valence-corrected chi connectivity index (χ0v) is 12.9. The molecule has 1 unspecified atom stereocenters. The van der Waals surface area contributed by atoms with E-state index in [0.29, 0.717) is 6.54 Å². The molecule has 0 radical (unpaired) electrons. The number of anilines is 1. The molecule has 1 saturated heterocycles. The van der Waals surface area contributed by atoms with Gasteiger partial charge in [-0.1, -0.05) is 0 Å². The van der Waals surface area contributed by atoms with Crippen molar-refractivity contribution in [3.8, 4) is 0 Å². The molecule has 21 heavy (non-hydrogen) atoms. The van der Waals surface area contributed by atoms with Crippen molar-refractivity contribution in [2.24, 2.45) is 13.0 Å². The van der Waals surface area contributed by atoms with Crippen LogP contribution >= 0.6 is 10.7 Å². The van der Waals surface area contributed by atoms with Crippen molar-refractivity contribution in [2.45, 2.75) is 6.42 Å². The molecule has 112 valence electrons. The first kappa shape index (κ1) is 14.3. The number of nitrogens with zero attached hydrogens (tertiary/aromatic N) is 3. The lowest BCUT2D eigenvalue weighted by Crippen LogP contribution is -2.25. The highest BCUT2D eigenvalue weighted by Gasteiger charge is 2.33. The number of carbonyl (C=O) groups is 1. The number of imidazole rings is 1. The first-order chi connectivity index (χ1) is 9.83. The third-order valence-corrected chi connectivity index (χ3v) is 4.91. The van der Waals surface area contributed by atoms with E-state index in [-0.39, 0.29) is 24.0 Å². The predicted octanol–water partition coefficient (Wildman–Crippen LogP) is 1.49. The average Bonchev–Trinajstić information content (AvgIpc) is 2.91. The van der Waals surface area contributed by atoms with Crippen molar-refractivity contribution in [1.29, 1.82) is 0 Å². The lowest BCUT2D eigenvalue weighted by atomic mass is 10.1. The summed E-state index contributed by atoms with van der Waals surface area (Å²) < 4.78 is 24.2. The van der Waals surface area contributed by atoms with Crippen LogP contribution in [0.4, 0.5) is 5.69 Å². The molecular formula is C13H14ClN3O3S. The second-order valence-corrected chi connectivity index (χ2v) is 8.13. The Labute approximate surface area is 126 Å². The van der Waals surface area contributed by atoms with Crippen LogP contribution in [-0.4, -0.2) is 36.2 Å². The first-order valence-corrected chi connectivity index (χ1v) is 8.95. The van der Waals surface area contributed by atoms with E-state index >= 15 is 0 Å². The minimum absolute atomic E-state index is 0.0874. The number of fused-ring (bicyclic) bond motifs is 1. The Balaban J connectivity index is 1.87. The highest BCUT2D eigenvalue weighted by Crippen LogP contribution is 2.28. The lowest BCUT2D eigenvalue weighted by molar-refractivity contribution is -0.117. The standard InChI is InChI=1S/C13H14ClN3O3S/c1-16-8-15-11-5-10(2-3-12(11)16)17-6-9(4-13(17)18)7-21(14,19)20/h2-3,5,8-9H,4,6-7H2,1H3. The van der Waals surface area contributed by atoms with Gasteiger partial charge >= 0.3 is 0 Å². The van der Waals surface area contributed by atoms with Gasteiger partial charge in [0.2, 0.25) is 15.0 Å². The van der Waals surface area contributed by atoms with Gasteiger partial charge in [-0.3, -0.25) is 4.79 Å². The van der Waals surface area contributed by atoms with Gasteiger partial charge in [0.15, 0.2) is 0 Å². The van der Waals surface area contributed by atoms with Crippen LogP contribution in [0.3, 0.4) is 0 Å². The minimum atomic E-state index is -3.59. The fourth-order valence-electron chi connectivity index (χ4n) is 2.72. The molecule has 8 heteroatoms. The molecule has 3 rings (SSSR count). The maximum atomic E-state index is 12.1. The van der Waals surface area contributed by atoms with Crippen LogP contribution in [0.5, 0.6) is 0 Å². The summed E-state index contributed by atoms with van der Waals surface area (Å²) in [6.45, 7) is 0.364. The van der Waals surface area contributed by atoms with E-state index in [1.54, 1.807) is 11.2 Å². The molecule has 0 bridgehead atoms. The molecule has 2 heterocycles. The number of hydrogen-bond donors (Lipinski definition) is 0. The summed E-state index contributed by atoms with van der Waals surface area (Å²) in [5.41, 5.74) is 2.52. The lowest BCUT2D eigenvalue weighted by Gasteiger charge is -2.16. The van der Waals surface area contributed by atoms with E-state index < -0.39 is 9.05 Å². The van der Waals surface area contributed by atoms with E-state index in [9.17, 15) is 13.2 Å². The normalized spacial score (nSPS) is 19.6. The van der Waals surface area contributed by atoms with Crippen molar-refractivity contribution >= 4 is 42.4 Å². The summed E-state index contributed by atoms with van der Waals surface area (Å²) in [5.74, 6) is -0.530. The molecule has 0 aliphatic carbocycles. The van der Waals surface area contributed by atoms with E-state index in [1.165, 1.54) is 0 Å². The number of aryl methyl sites for hydroxylation is 1. The Morgan fingerprint density at radius 2 is 2.19 bits per heavy atom. The fraction of sp³-hybridized carbons (Fsp3) is 0.385. The largest absolute Gasteiger partial charge is 0.334 e. The van der Waals surface area contributed by atoms with Gasteiger partial charge in [-0.15, -0.1) is 0 Å². The van der Waals surface area contributed by atoms with Gasteiger partial charge in [-0.2, -0.15) is 0 Å². The van der Waals surface area contributed by atoms with Crippen LogP contribution in [0.2, 0.25) is 0 Å². The third kappa shape index (κ3) is 2.89. The Hall–Kier alpha value is -1.60. The highest BCUT2D eigenvalue weighted by molar-refractivity contribution is 8.13. The summed E-state index contributed by atoms with van der Waals surface area (Å²) in [6, 6.07) is 5.58. The van der Waals surface area contributed by atoms with Crippen LogP contribution < -0.4 is 4.90 Å². The summed E-state index contributed by atoms with van der Waals surface area (Å²) in [6.07, 6.45) is 1.91. The number of rotatable bonds is 3. The van der Waals surface area contributed by atoms with Gasteiger partial charge in [0, 0.05) is 42.3 Å². The summed E-state index contributed by atoms with van der Waals surface area (Å²) in [5, 5.41) is 0. The topological polar surface area (TPSA) is 72.3 Å². The molecule has 1 aromatic heterocycles. The van der Waals surface area contributed by atoms with Crippen LogP contribution in [-0.2, 0) is 20.9 Å². The second-order valence-electron chi connectivity index (χ2n) is 5.31. The van der Waals surface area contributed by atoms with E-state index in [1.807, 2.05) is 29.8 Å².